The Labute approximate surface area is 77.3 Å². The van der Waals surface area contributed by atoms with Crippen LogP contribution in [0.15, 0.2) is 16.7 Å². The molecule has 1 heterocycles. The highest BCUT2D eigenvalue weighted by atomic mass is 79.9. The van der Waals surface area contributed by atoms with Crippen LogP contribution in [-0.2, 0) is 0 Å². The molecule has 5 heteroatoms. The van der Waals surface area contributed by atoms with E-state index in [4.69, 9.17) is 9.84 Å². The van der Waals surface area contributed by atoms with Crippen molar-refractivity contribution in [1.29, 1.82) is 0 Å². The average Bonchev–Trinajstić information content (AvgIpc) is 2.03. The van der Waals surface area contributed by atoms with Gasteiger partial charge in [0.15, 0.2) is 5.69 Å². The summed E-state index contributed by atoms with van der Waals surface area (Å²) in [7, 11) is 1.49. The van der Waals surface area contributed by atoms with Gasteiger partial charge in [0, 0.05) is 0 Å². The molecule has 64 valence electrons. The first-order valence-corrected chi connectivity index (χ1v) is 3.87. The number of nitrogens with zero attached hydrogens (tertiary/aromatic N) is 1. The molecule has 0 amide bonds. The van der Waals surface area contributed by atoms with E-state index in [-0.39, 0.29) is 5.69 Å². The van der Waals surface area contributed by atoms with Gasteiger partial charge in [0.05, 0.1) is 17.8 Å². The first-order chi connectivity index (χ1) is 5.65. The van der Waals surface area contributed by atoms with Crippen molar-refractivity contribution in [3.63, 3.8) is 0 Å². The minimum Gasteiger partial charge on any atom is -0.495 e. The molecule has 0 fully saturated rings. The zero-order chi connectivity index (χ0) is 9.14. The van der Waals surface area contributed by atoms with Crippen LogP contribution in [-0.4, -0.2) is 23.2 Å². The maximum atomic E-state index is 10.5. The summed E-state index contributed by atoms with van der Waals surface area (Å²) in [6, 6.07) is 1.55. The number of carboxylic acid groups (broad SMARTS) is 1. The van der Waals surface area contributed by atoms with Gasteiger partial charge >= 0.3 is 5.97 Å². The van der Waals surface area contributed by atoms with Crippen LogP contribution < -0.4 is 4.74 Å². The minimum absolute atomic E-state index is 0.0178. The Morgan fingerprint density at radius 1 is 1.75 bits per heavy atom. The second-order valence-corrected chi connectivity index (χ2v) is 2.87. The lowest BCUT2D eigenvalue weighted by Gasteiger charge is -2.01. The van der Waals surface area contributed by atoms with Crippen molar-refractivity contribution in [2.45, 2.75) is 0 Å². The third-order valence-electron chi connectivity index (χ3n) is 1.25. The van der Waals surface area contributed by atoms with Crippen LogP contribution in [0.5, 0.6) is 5.75 Å². The molecule has 1 aromatic heterocycles. The molecule has 0 aliphatic carbocycles. The van der Waals surface area contributed by atoms with Crippen LogP contribution in [0.25, 0.3) is 0 Å². The van der Waals surface area contributed by atoms with Gasteiger partial charge in [0.25, 0.3) is 0 Å². The molecular weight excluding hydrogens is 226 g/mol. The molecular formula is C7H6BrNO3. The second kappa shape index (κ2) is 3.53. The van der Waals surface area contributed by atoms with Gasteiger partial charge in [-0.3, -0.25) is 0 Å². The minimum atomic E-state index is -1.07. The molecule has 0 saturated carbocycles. The Kier molecular flexibility index (Phi) is 2.65. The molecule has 1 N–H and O–H groups in total. The van der Waals surface area contributed by atoms with Crippen molar-refractivity contribution in [2.24, 2.45) is 0 Å². The van der Waals surface area contributed by atoms with E-state index in [0.29, 0.717) is 10.2 Å². The Morgan fingerprint density at radius 3 is 2.83 bits per heavy atom. The van der Waals surface area contributed by atoms with Crippen LogP contribution in [0.4, 0.5) is 0 Å². The van der Waals surface area contributed by atoms with Gasteiger partial charge in [-0.2, -0.15) is 0 Å². The van der Waals surface area contributed by atoms with Crippen molar-refractivity contribution >= 4 is 21.9 Å². The number of hydrogen-bond acceptors (Lipinski definition) is 3. The molecule has 0 unspecified atom stereocenters. The van der Waals surface area contributed by atoms with Crippen LogP contribution in [0.3, 0.4) is 0 Å². The van der Waals surface area contributed by atoms with Crippen molar-refractivity contribution in [1.82, 2.24) is 4.98 Å². The molecule has 1 aromatic rings. The number of aromatic carboxylic acids is 1. The van der Waals surface area contributed by atoms with Crippen molar-refractivity contribution < 1.29 is 14.6 Å². The largest absolute Gasteiger partial charge is 0.495 e. The smallest absolute Gasteiger partial charge is 0.355 e. The highest BCUT2D eigenvalue weighted by Crippen LogP contribution is 2.19. The normalized spacial score (nSPS) is 9.50. The predicted molar refractivity (Wildman–Crippen MR) is 45.4 cm³/mol. The summed E-state index contributed by atoms with van der Waals surface area (Å²) in [5, 5.41) is 8.60. The molecule has 12 heavy (non-hydrogen) atoms. The standard InChI is InChI=1S/C7H6BrNO3/c1-12-4-2-5(8)6(7(10)11)9-3-4/h2-3H,1H3,(H,10,11). The Hall–Kier alpha value is -1.10. The number of hydrogen-bond donors (Lipinski definition) is 1. The van der Waals surface area contributed by atoms with E-state index >= 15 is 0 Å². The lowest BCUT2D eigenvalue weighted by Crippen LogP contribution is -2.01. The van der Waals surface area contributed by atoms with E-state index < -0.39 is 5.97 Å². The summed E-state index contributed by atoms with van der Waals surface area (Å²) in [5.74, 6) is -0.545. The fourth-order valence-electron chi connectivity index (χ4n) is 0.689. The van der Waals surface area contributed by atoms with Gasteiger partial charge in [-0.25, -0.2) is 9.78 Å². The molecule has 0 bridgehead atoms. The zero-order valence-electron chi connectivity index (χ0n) is 6.24. The Balaban J connectivity index is 3.12. The van der Waals surface area contributed by atoms with Gasteiger partial charge in [-0.05, 0) is 22.0 Å². The summed E-state index contributed by atoms with van der Waals surface area (Å²) in [4.78, 5) is 14.2. The molecule has 4 nitrogen and oxygen atoms in total. The first kappa shape index (κ1) is 8.99. The van der Waals surface area contributed by atoms with E-state index in [1.807, 2.05) is 0 Å². The topological polar surface area (TPSA) is 59.4 Å². The number of aromatic nitrogens is 1. The lowest BCUT2D eigenvalue weighted by molar-refractivity contribution is 0.0689. The van der Waals surface area contributed by atoms with E-state index in [1.54, 1.807) is 6.07 Å². The highest BCUT2D eigenvalue weighted by molar-refractivity contribution is 9.10. The first-order valence-electron chi connectivity index (χ1n) is 3.08. The fourth-order valence-corrected chi connectivity index (χ4v) is 1.19. The van der Waals surface area contributed by atoms with E-state index in [0.717, 1.165) is 0 Å². The molecule has 0 aromatic carbocycles. The third kappa shape index (κ3) is 1.73. The number of pyridine rings is 1. The number of ether oxygens (including phenoxy) is 1. The number of rotatable bonds is 2. The van der Waals surface area contributed by atoms with Crippen LogP contribution in [0.2, 0.25) is 0 Å². The summed E-state index contributed by atoms with van der Waals surface area (Å²) < 4.78 is 5.26. The third-order valence-corrected chi connectivity index (χ3v) is 1.86. The number of methoxy groups -OCH3 is 1. The lowest BCUT2D eigenvalue weighted by atomic mass is 10.3. The molecule has 0 aliphatic rings. The fraction of sp³-hybridized carbons (Fsp3) is 0.143. The number of carbonyl (C=O) groups is 1. The highest BCUT2D eigenvalue weighted by Gasteiger charge is 2.09. The predicted octanol–water partition coefficient (Wildman–Crippen LogP) is 1.55. The maximum absolute atomic E-state index is 10.5. The molecule has 0 saturated heterocycles. The average molecular weight is 232 g/mol. The van der Waals surface area contributed by atoms with Gasteiger partial charge in [-0.1, -0.05) is 0 Å². The van der Waals surface area contributed by atoms with E-state index in [9.17, 15) is 4.79 Å². The molecule has 0 aliphatic heterocycles. The van der Waals surface area contributed by atoms with Crippen LogP contribution in [0.1, 0.15) is 10.5 Å². The second-order valence-electron chi connectivity index (χ2n) is 2.01. The number of carboxylic acids is 1. The maximum Gasteiger partial charge on any atom is 0.355 e. The van der Waals surface area contributed by atoms with E-state index in [2.05, 4.69) is 20.9 Å². The van der Waals surface area contributed by atoms with Crippen molar-refractivity contribution in [3.8, 4) is 5.75 Å². The quantitative estimate of drug-likeness (QED) is 0.840. The van der Waals surface area contributed by atoms with Crippen molar-refractivity contribution in [2.75, 3.05) is 7.11 Å². The molecule has 0 spiro atoms. The molecule has 1 rings (SSSR count). The Bertz CT molecular complexity index is 314. The van der Waals surface area contributed by atoms with E-state index in [1.165, 1.54) is 13.3 Å². The van der Waals surface area contributed by atoms with Crippen LogP contribution >= 0.6 is 15.9 Å². The molecule has 0 radical (unpaired) electrons. The number of halogens is 1. The van der Waals surface area contributed by atoms with Crippen molar-refractivity contribution in [3.05, 3.63) is 22.4 Å². The van der Waals surface area contributed by atoms with Gasteiger partial charge in [0.2, 0.25) is 0 Å². The summed E-state index contributed by atoms with van der Waals surface area (Å²) >= 11 is 3.07. The molecule has 0 atom stereocenters. The summed E-state index contributed by atoms with van der Waals surface area (Å²) in [6.07, 6.45) is 1.36. The monoisotopic (exact) mass is 231 g/mol. The SMILES string of the molecule is COc1cnc(C(=O)O)c(Br)c1. The van der Waals surface area contributed by atoms with Gasteiger partial charge in [-0.15, -0.1) is 0 Å². The summed E-state index contributed by atoms with van der Waals surface area (Å²) in [6.45, 7) is 0. The Morgan fingerprint density at radius 2 is 2.42 bits per heavy atom. The van der Waals surface area contributed by atoms with Gasteiger partial charge < -0.3 is 9.84 Å². The zero-order valence-corrected chi connectivity index (χ0v) is 7.83. The summed E-state index contributed by atoms with van der Waals surface area (Å²) in [5.41, 5.74) is -0.0178. The van der Waals surface area contributed by atoms with Crippen LogP contribution in [0, 0.1) is 0 Å². The van der Waals surface area contributed by atoms with Gasteiger partial charge in [0.1, 0.15) is 5.75 Å².